The molecule has 260 valence electrons. The first-order valence-corrected chi connectivity index (χ1v) is 18.9. The van der Waals surface area contributed by atoms with E-state index in [9.17, 15) is 0 Å². The fraction of sp³-hybridized carbons (Fsp3) is 0.160. The molecule has 0 bridgehead atoms. The average Bonchev–Trinajstić information content (AvgIpc) is 3.60. The van der Waals surface area contributed by atoms with E-state index in [0.29, 0.717) is 0 Å². The first-order valence-electron chi connectivity index (χ1n) is 18.9. The maximum Gasteiger partial charge on any atom is 0.0876 e. The van der Waals surface area contributed by atoms with Crippen LogP contribution in [0.15, 0.2) is 158 Å². The minimum Gasteiger partial charge on any atom is -0.301 e. The highest BCUT2D eigenvalue weighted by Gasteiger charge is 2.27. The van der Waals surface area contributed by atoms with Gasteiger partial charge in [-0.15, -0.1) is 0 Å². The van der Waals surface area contributed by atoms with Crippen LogP contribution in [0.3, 0.4) is 0 Å². The van der Waals surface area contributed by atoms with Gasteiger partial charge < -0.3 is 5.32 Å². The molecule has 2 unspecified atom stereocenters. The van der Waals surface area contributed by atoms with E-state index in [-0.39, 0.29) is 12.3 Å². The molecule has 0 saturated carbocycles. The number of rotatable bonds is 10. The molecule has 53 heavy (non-hydrogen) atoms. The van der Waals surface area contributed by atoms with Crippen LogP contribution in [0.2, 0.25) is 0 Å². The molecule has 2 atom stereocenters. The second kappa shape index (κ2) is 14.4. The van der Waals surface area contributed by atoms with Gasteiger partial charge in [0.05, 0.1) is 12.3 Å². The second-order valence-corrected chi connectivity index (χ2v) is 14.6. The Morgan fingerprint density at radius 1 is 0.604 bits per heavy atom. The molecule has 0 saturated heterocycles. The summed E-state index contributed by atoms with van der Waals surface area (Å²) in [6.45, 7) is 0.733. The first kappa shape index (κ1) is 33.3. The molecule has 0 heterocycles. The van der Waals surface area contributed by atoms with Gasteiger partial charge >= 0.3 is 0 Å². The monoisotopic (exact) mass is 687 g/mol. The summed E-state index contributed by atoms with van der Waals surface area (Å²) >= 11 is 0. The third-order valence-electron chi connectivity index (χ3n) is 11.3. The molecule has 7 aromatic rings. The van der Waals surface area contributed by atoms with E-state index in [1.807, 2.05) is 7.05 Å². The Bertz CT molecular complexity index is 2450. The summed E-state index contributed by atoms with van der Waals surface area (Å²) in [5.41, 5.74) is 17.2. The summed E-state index contributed by atoms with van der Waals surface area (Å²) in [5, 5.41) is 10.3. The van der Waals surface area contributed by atoms with Crippen molar-refractivity contribution in [3.05, 3.63) is 197 Å². The Labute approximate surface area is 313 Å². The lowest BCUT2D eigenvalue weighted by Gasteiger charge is -2.36. The van der Waals surface area contributed by atoms with Crippen molar-refractivity contribution in [1.82, 2.24) is 15.5 Å². The molecule has 0 amide bonds. The maximum atomic E-state index is 4.05. The van der Waals surface area contributed by atoms with Crippen LogP contribution in [0.4, 0.5) is 0 Å². The molecule has 0 aromatic heterocycles. The van der Waals surface area contributed by atoms with Crippen LogP contribution < -0.4 is 10.6 Å². The van der Waals surface area contributed by atoms with Crippen molar-refractivity contribution in [3.8, 4) is 33.4 Å². The van der Waals surface area contributed by atoms with Crippen LogP contribution in [-0.2, 0) is 19.4 Å². The standard InChI is InChI=1S/C50H45N3/c1-51-49(37-16-7-4-8-17-37)53(2)50(43-20-11-18-38(29-43)34-13-5-3-6-14-34)52-33-44-21-12-19-42-30-41-28-27-40(32-47(41)48(42)44)39-26-25-36-24-23-35-15-9-10-22-45(35)46(36)31-39/h3-8,10-14,16-29,31-32,49-52H,9,15,30,33H2,1-2H3. The Hall–Kier alpha value is -5.58. The molecule has 2 aliphatic rings. The van der Waals surface area contributed by atoms with E-state index in [1.165, 1.54) is 83.1 Å². The lowest BCUT2D eigenvalue weighted by Crippen LogP contribution is -2.42. The molecular weight excluding hydrogens is 643 g/mol. The van der Waals surface area contributed by atoms with Crippen molar-refractivity contribution in [2.45, 2.75) is 38.1 Å². The topological polar surface area (TPSA) is 27.3 Å². The van der Waals surface area contributed by atoms with Crippen LogP contribution in [-0.4, -0.2) is 19.0 Å². The fourth-order valence-electron chi connectivity index (χ4n) is 8.68. The van der Waals surface area contributed by atoms with Crippen molar-refractivity contribution < 1.29 is 0 Å². The maximum absolute atomic E-state index is 4.05. The smallest absolute Gasteiger partial charge is 0.0876 e. The molecule has 2 aliphatic carbocycles. The molecule has 3 nitrogen and oxygen atoms in total. The van der Waals surface area contributed by atoms with E-state index in [1.54, 1.807) is 0 Å². The normalized spacial score (nSPS) is 14.2. The molecule has 0 radical (unpaired) electrons. The SMILES string of the molecule is CNC(c1ccccc1)N(C)C(NCc1cccc2c1-c1cc(-c3ccc4ccc5c(c4c3)C=CCC5)ccc1C2)c1cccc(-c2ccccc2)c1. The Morgan fingerprint density at radius 3 is 2.15 bits per heavy atom. The predicted octanol–water partition coefficient (Wildman–Crippen LogP) is 11.3. The number of hydrogen-bond acceptors (Lipinski definition) is 3. The minimum absolute atomic E-state index is 0.0157. The fourth-order valence-corrected chi connectivity index (χ4v) is 8.68. The Kier molecular flexibility index (Phi) is 9.07. The van der Waals surface area contributed by atoms with Crippen LogP contribution in [0.5, 0.6) is 0 Å². The third kappa shape index (κ3) is 6.42. The minimum atomic E-state index is -0.0584. The summed E-state index contributed by atoms with van der Waals surface area (Å²) in [7, 11) is 4.26. The van der Waals surface area contributed by atoms with E-state index in [4.69, 9.17) is 0 Å². The van der Waals surface area contributed by atoms with Crippen molar-refractivity contribution in [2.75, 3.05) is 14.1 Å². The van der Waals surface area contributed by atoms with Crippen LogP contribution in [0.25, 0.3) is 50.2 Å². The van der Waals surface area contributed by atoms with Crippen molar-refractivity contribution in [1.29, 1.82) is 0 Å². The summed E-state index contributed by atoms with van der Waals surface area (Å²) < 4.78 is 0. The second-order valence-electron chi connectivity index (χ2n) is 14.6. The summed E-state index contributed by atoms with van der Waals surface area (Å²) in [6.07, 6.45) is 7.81. The van der Waals surface area contributed by atoms with Crippen molar-refractivity contribution in [3.63, 3.8) is 0 Å². The van der Waals surface area contributed by atoms with Crippen LogP contribution >= 0.6 is 0 Å². The number of nitrogens with zero attached hydrogens (tertiary/aromatic N) is 1. The summed E-state index contributed by atoms with van der Waals surface area (Å²) in [5.74, 6) is 0. The molecule has 0 fully saturated rings. The zero-order valence-electron chi connectivity index (χ0n) is 30.5. The van der Waals surface area contributed by atoms with Crippen molar-refractivity contribution in [2.24, 2.45) is 0 Å². The quantitative estimate of drug-likeness (QED) is 0.140. The molecule has 0 aliphatic heterocycles. The van der Waals surface area contributed by atoms with Gasteiger partial charge in [0.2, 0.25) is 0 Å². The van der Waals surface area contributed by atoms with Crippen molar-refractivity contribution >= 4 is 16.8 Å². The van der Waals surface area contributed by atoms with E-state index in [0.717, 1.165) is 25.8 Å². The number of hydrogen-bond donors (Lipinski definition) is 2. The van der Waals surface area contributed by atoms with Gasteiger partial charge in [-0.25, -0.2) is 0 Å². The van der Waals surface area contributed by atoms with Crippen LogP contribution in [0.1, 0.15) is 57.7 Å². The van der Waals surface area contributed by atoms with E-state index < -0.39 is 0 Å². The van der Waals surface area contributed by atoms with Gasteiger partial charge in [-0.2, -0.15) is 0 Å². The molecule has 3 heteroatoms. The molecule has 7 aromatic carbocycles. The molecule has 0 spiro atoms. The molecule has 2 N–H and O–H groups in total. The third-order valence-corrected chi connectivity index (χ3v) is 11.3. The largest absolute Gasteiger partial charge is 0.301 e. The lowest BCUT2D eigenvalue weighted by molar-refractivity contribution is 0.124. The number of benzene rings is 7. The van der Waals surface area contributed by atoms with Gasteiger partial charge in [0.15, 0.2) is 0 Å². The highest BCUT2D eigenvalue weighted by atomic mass is 15.3. The Morgan fingerprint density at radius 2 is 1.30 bits per heavy atom. The Balaban J connectivity index is 1.07. The van der Waals surface area contributed by atoms with E-state index >= 15 is 0 Å². The van der Waals surface area contributed by atoms with Gasteiger partial charge in [-0.1, -0.05) is 146 Å². The highest BCUT2D eigenvalue weighted by molar-refractivity contribution is 5.96. The van der Waals surface area contributed by atoms with E-state index in [2.05, 4.69) is 186 Å². The zero-order valence-corrected chi connectivity index (χ0v) is 30.5. The molecular formula is C50H45N3. The van der Waals surface area contributed by atoms with Gasteiger partial charge in [-0.3, -0.25) is 10.2 Å². The summed E-state index contributed by atoms with van der Waals surface area (Å²) in [4.78, 5) is 2.42. The zero-order chi connectivity index (χ0) is 35.7. The van der Waals surface area contributed by atoms with Crippen LogP contribution in [0, 0.1) is 0 Å². The lowest BCUT2D eigenvalue weighted by atomic mass is 9.90. The average molecular weight is 688 g/mol. The number of fused-ring (bicyclic) bond motifs is 6. The van der Waals surface area contributed by atoms with Gasteiger partial charge in [0.1, 0.15) is 0 Å². The number of nitrogens with one attached hydrogen (secondary N) is 2. The summed E-state index contributed by atoms with van der Waals surface area (Å²) in [6, 6.07) is 56.0. The van der Waals surface area contributed by atoms with Gasteiger partial charge in [0.25, 0.3) is 0 Å². The molecule has 9 rings (SSSR count). The predicted molar refractivity (Wildman–Crippen MR) is 222 cm³/mol. The van der Waals surface area contributed by atoms with Gasteiger partial charge in [0, 0.05) is 6.54 Å². The number of allylic oxidation sites excluding steroid dienone is 1. The number of aryl methyl sites for hydroxylation is 1. The van der Waals surface area contributed by atoms with Gasteiger partial charge in [-0.05, 0) is 135 Å². The highest BCUT2D eigenvalue weighted by Crippen LogP contribution is 2.42. The first-order chi connectivity index (χ1) is 26.1.